The normalized spacial score (nSPS) is 10.8. The lowest BCUT2D eigenvalue weighted by Crippen LogP contribution is -2.10. The molecule has 33 heavy (non-hydrogen) atoms. The first-order valence-electron chi connectivity index (χ1n) is 9.69. The average Bonchev–Trinajstić information content (AvgIpc) is 2.75. The molecule has 0 aliphatic rings. The Morgan fingerprint density at radius 2 is 1.73 bits per heavy atom. The molecular formula is C24H16ClNO7. The lowest BCUT2D eigenvalue weighted by molar-refractivity contribution is -0.384. The molecule has 9 heteroatoms. The van der Waals surface area contributed by atoms with Gasteiger partial charge in [-0.05, 0) is 55.3 Å². The number of rotatable bonds is 5. The Labute approximate surface area is 192 Å². The summed E-state index contributed by atoms with van der Waals surface area (Å²) in [4.78, 5) is 35.5. The molecule has 0 radical (unpaired) electrons. The van der Waals surface area contributed by atoms with Gasteiger partial charge in [0.1, 0.15) is 23.3 Å². The van der Waals surface area contributed by atoms with Crippen LogP contribution < -0.4 is 14.9 Å². The Hall–Kier alpha value is -4.17. The van der Waals surface area contributed by atoms with Crippen molar-refractivity contribution in [1.82, 2.24) is 0 Å². The number of fused-ring (bicyclic) bond motifs is 1. The van der Waals surface area contributed by atoms with Crippen LogP contribution in [0.2, 0.25) is 5.02 Å². The predicted molar refractivity (Wildman–Crippen MR) is 122 cm³/mol. The lowest BCUT2D eigenvalue weighted by atomic mass is 10.1. The van der Waals surface area contributed by atoms with E-state index in [0.29, 0.717) is 5.75 Å². The van der Waals surface area contributed by atoms with Crippen LogP contribution in [0.5, 0.6) is 17.2 Å². The summed E-state index contributed by atoms with van der Waals surface area (Å²) in [6, 6.07) is 13.3. The van der Waals surface area contributed by atoms with Crippen molar-refractivity contribution in [2.24, 2.45) is 0 Å². The molecule has 0 amide bonds. The van der Waals surface area contributed by atoms with Crippen molar-refractivity contribution in [1.29, 1.82) is 0 Å². The average molecular weight is 466 g/mol. The van der Waals surface area contributed by atoms with Gasteiger partial charge in [0.25, 0.3) is 5.69 Å². The molecule has 0 saturated heterocycles. The first-order valence-corrected chi connectivity index (χ1v) is 10.1. The highest BCUT2D eigenvalue weighted by Crippen LogP contribution is 2.27. The maximum Gasteiger partial charge on any atom is 0.345 e. The summed E-state index contributed by atoms with van der Waals surface area (Å²) in [6.07, 6.45) is 1.20. The van der Waals surface area contributed by atoms with Gasteiger partial charge in [0.15, 0.2) is 0 Å². The second-order valence-electron chi connectivity index (χ2n) is 7.32. The van der Waals surface area contributed by atoms with Gasteiger partial charge in [0.2, 0.25) is 11.2 Å². The molecule has 0 unspecified atom stereocenters. The number of hydrogen-bond donors (Lipinski definition) is 0. The number of halogens is 1. The van der Waals surface area contributed by atoms with Crippen molar-refractivity contribution >= 4 is 34.2 Å². The van der Waals surface area contributed by atoms with E-state index in [1.807, 2.05) is 32.0 Å². The second kappa shape index (κ2) is 8.76. The van der Waals surface area contributed by atoms with E-state index in [1.165, 1.54) is 30.5 Å². The van der Waals surface area contributed by atoms with Crippen LogP contribution in [0.4, 0.5) is 5.69 Å². The van der Waals surface area contributed by atoms with Crippen molar-refractivity contribution in [2.45, 2.75) is 13.8 Å². The summed E-state index contributed by atoms with van der Waals surface area (Å²) in [5.41, 5.74) is 1.51. The summed E-state index contributed by atoms with van der Waals surface area (Å²) in [6.45, 7) is 3.85. The molecule has 0 aliphatic carbocycles. The zero-order chi connectivity index (χ0) is 23.7. The zero-order valence-electron chi connectivity index (χ0n) is 17.5. The van der Waals surface area contributed by atoms with Crippen LogP contribution in [0.1, 0.15) is 21.5 Å². The van der Waals surface area contributed by atoms with Gasteiger partial charge >= 0.3 is 5.97 Å². The minimum Gasteiger partial charge on any atom is -0.460 e. The summed E-state index contributed by atoms with van der Waals surface area (Å²) < 4.78 is 16.5. The van der Waals surface area contributed by atoms with Gasteiger partial charge in [-0.1, -0.05) is 17.7 Å². The van der Waals surface area contributed by atoms with Crippen molar-refractivity contribution in [3.63, 3.8) is 0 Å². The molecule has 0 aliphatic heterocycles. The first-order chi connectivity index (χ1) is 15.7. The van der Waals surface area contributed by atoms with E-state index < -0.39 is 10.9 Å². The van der Waals surface area contributed by atoms with Gasteiger partial charge in [-0.2, -0.15) is 0 Å². The minimum absolute atomic E-state index is 0.0231. The maximum atomic E-state index is 12.8. The fourth-order valence-corrected chi connectivity index (χ4v) is 3.54. The number of nitrogens with zero attached hydrogens (tertiary/aromatic N) is 1. The van der Waals surface area contributed by atoms with Crippen LogP contribution >= 0.6 is 11.6 Å². The Bertz CT molecular complexity index is 1460. The van der Waals surface area contributed by atoms with E-state index in [2.05, 4.69) is 0 Å². The molecule has 1 heterocycles. The Balaban J connectivity index is 1.59. The molecule has 4 rings (SSSR count). The number of carbonyl (C=O) groups is 1. The third kappa shape index (κ3) is 4.70. The van der Waals surface area contributed by atoms with Crippen molar-refractivity contribution in [3.05, 3.63) is 103 Å². The quantitative estimate of drug-likeness (QED) is 0.154. The van der Waals surface area contributed by atoms with E-state index >= 15 is 0 Å². The SMILES string of the molecule is Cc1cc(C)cc(Oc2coc3cc(OC(=O)c4ccc([N+](=O)[O-])cc4Cl)ccc3c2=O)c1. The largest absolute Gasteiger partial charge is 0.460 e. The van der Waals surface area contributed by atoms with Gasteiger partial charge in [-0.3, -0.25) is 14.9 Å². The number of non-ortho nitro benzene ring substituents is 1. The fraction of sp³-hybridized carbons (Fsp3) is 0.0833. The Kier molecular flexibility index (Phi) is 5.85. The number of nitro benzene ring substituents is 1. The van der Waals surface area contributed by atoms with Gasteiger partial charge in [0.05, 0.1) is 20.9 Å². The highest BCUT2D eigenvalue weighted by atomic mass is 35.5. The molecule has 3 aromatic carbocycles. The number of esters is 1. The van der Waals surface area contributed by atoms with Gasteiger partial charge in [-0.15, -0.1) is 0 Å². The van der Waals surface area contributed by atoms with E-state index in [4.69, 9.17) is 25.5 Å². The topological polar surface area (TPSA) is 109 Å². The maximum absolute atomic E-state index is 12.8. The smallest absolute Gasteiger partial charge is 0.345 e. The summed E-state index contributed by atoms with van der Waals surface area (Å²) in [5.74, 6) is -0.168. The van der Waals surface area contributed by atoms with Crippen LogP contribution in [-0.2, 0) is 0 Å². The molecule has 0 N–H and O–H groups in total. The molecule has 0 fully saturated rings. The number of nitro groups is 1. The summed E-state index contributed by atoms with van der Waals surface area (Å²) >= 11 is 5.97. The van der Waals surface area contributed by atoms with Crippen LogP contribution in [0.3, 0.4) is 0 Å². The highest BCUT2D eigenvalue weighted by molar-refractivity contribution is 6.33. The number of ether oxygens (including phenoxy) is 2. The molecule has 4 aromatic rings. The predicted octanol–water partition coefficient (Wildman–Crippen LogP) is 5.98. The van der Waals surface area contributed by atoms with Gasteiger partial charge < -0.3 is 13.9 Å². The van der Waals surface area contributed by atoms with Crippen molar-refractivity contribution in [3.8, 4) is 17.2 Å². The van der Waals surface area contributed by atoms with Crippen LogP contribution in [0, 0.1) is 24.0 Å². The minimum atomic E-state index is -0.814. The van der Waals surface area contributed by atoms with E-state index in [1.54, 1.807) is 0 Å². The molecule has 166 valence electrons. The number of aryl methyl sites for hydroxylation is 2. The number of carbonyl (C=O) groups excluding carboxylic acids is 1. The van der Waals surface area contributed by atoms with Crippen molar-refractivity contribution < 1.29 is 23.6 Å². The molecular weight excluding hydrogens is 450 g/mol. The zero-order valence-corrected chi connectivity index (χ0v) is 18.2. The molecule has 0 bridgehead atoms. The summed E-state index contributed by atoms with van der Waals surface area (Å²) in [5, 5.41) is 10.9. The fourth-order valence-electron chi connectivity index (χ4n) is 3.29. The molecule has 0 atom stereocenters. The van der Waals surface area contributed by atoms with Crippen LogP contribution in [-0.4, -0.2) is 10.9 Å². The number of benzene rings is 3. The van der Waals surface area contributed by atoms with Gasteiger partial charge in [0, 0.05) is 18.2 Å². The lowest BCUT2D eigenvalue weighted by Gasteiger charge is -2.09. The van der Waals surface area contributed by atoms with Crippen LogP contribution in [0.15, 0.2) is 70.1 Å². The molecule has 8 nitrogen and oxygen atoms in total. The van der Waals surface area contributed by atoms with Gasteiger partial charge in [-0.25, -0.2) is 4.79 Å². The third-order valence-electron chi connectivity index (χ3n) is 4.73. The first kappa shape index (κ1) is 22.0. The monoisotopic (exact) mass is 465 g/mol. The van der Waals surface area contributed by atoms with E-state index in [0.717, 1.165) is 23.3 Å². The molecule has 1 aromatic heterocycles. The third-order valence-corrected chi connectivity index (χ3v) is 5.04. The second-order valence-corrected chi connectivity index (χ2v) is 7.73. The standard InChI is InChI=1S/C24H16ClNO7/c1-13-7-14(2)9-17(8-13)32-22-12-31-21-11-16(4-6-19(21)23(22)27)33-24(28)18-5-3-15(26(29)30)10-20(18)25/h3-12H,1-2H3. The Morgan fingerprint density at radius 3 is 2.39 bits per heavy atom. The number of hydrogen-bond acceptors (Lipinski definition) is 7. The molecule has 0 saturated carbocycles. The highest BCUT2D eigenvalue weighted by Gasteiger charge is 2.18. The van der Waals surface area contributed by atoms with E-state index in [9.17, 15) is 19.7 Å². The molecule has 0 spiro atoms. The van der Waals surface area contributed by atoms with Crippen molar-refractivity contribution in [2.75, 3.05) is 0 Å². The van der Waals surface area contributed by atoms with Crippen LogP contribution in [0.25, 0.3) is 11.0 Å². The Morgan fingerprint density at radius 1 is 1.00 bits per heavy atom. The van der Waals surface area contributed by atoms with E-state index in [-0.39, 0.29) is 44.2 Å². The summed E-state index contributed by atoms with van der Waals surface area (Å²) in [7, 11) is 0.